The maximum atomic E-state index is 10.5. The molecule has 0 fully saturated rings. The lowest BCUT2D eigenvalue weighted by atomic mass is 10.2. The standard InChI is InChI=1S/C9H11NO4/c1-13-6-7-3-4-8(10(11)12)5-9(7)14-2/h3-5H,6H2,1-2H3. The van der Waals surface area contributed by atoms with E-state index in [1.807, 2.05) is 0 Å². The van der Waals surface area contributed by atoms with Crippen LogP contribution in [0.2, 0.25) is 0 Å². The van der Waals surface area contributed by atoms with Crippen LogP contribution in [0.3, 0.4) is 0 Å². The Kier molecular flexibility index (Phi) is 3.41. The zero-order valence-corrected chi connectivity index (χ0v) is 8.02. The highest BCUT2D eigenvalue weighted by molar-refractivity contribution is 5.44. The fraction of sp³-hybridized carbons (Fsp3) is 0.333. The van der Waals surface area contributed by atoms with Gasteiger partial charge in [0.15, 0.2) is 0 Å². The molecular formula is C9H11NO4. The van der Waals surface area contributed by atoms with E-state index in [4.69, 9.17) is 9.47 Å². The van der Waals surface area contributed by atoms with Gasteiger partial charge in [-0.05, 0) is 6.07 Å². The van der Waals surface area contributed by atoms with Gasteiger partial charge in [0.2, 0.25) is 0 Å². The van der Waals surface area contributed by atoms with Crippen molar-refractivity contribution in [3.05, 3.63) is 33.9 Å². The number of hydrogen-bond donors (Lipinski definition) is 0. The maximum absolute atomic E-state index is 10.5. The van der Waals surface area contributed by atoms with Crippen LogP contribution >= 0.6 is 0 Å². The monoisotopic (exact) mass is 197 g/mol. The van der Waals surface area contributed by atoms with Gasteiger partial charge in [-0.1, -0.05) is 0 Å². The van der Waals surface area contributed by atoms with Crippen LogP contribution in [-0.4, -0.2) is 19.1 Å². The van der Waals surface area contributed by atoms with Gasteiger partial charge in [0, 0.05) is 18.7 Å². The van der Waals surface area contributed by atoms with E-state index in [-0.39, 0.29) is 5.69 Å². The van der Waals surface area contributed by atoms with Crippen molar-refractivity contribution in [2.24, 2.45) is 0 Å². The van der Waals surface area contributed by atoms with Gasteiger partial charge in [0.05, 0.1) is 24.7 Å². The molecule has 1 aromatic carbocycles. The van der Waals surface area contributed by atoms with Gasteiger partial charge >= 0.3 is 0 Å². The Morgan fingerprint density at radius 3 is 2.64 bits per heavy atom. The molecule has 0 saturated heterocycles. The molecule has 1 rings (SSSR count). The van der Waals surface area contributed by atoms with Crippen LogP contribution in [-0.2, 0) is 11.3 Å². The third kappa shape index (κ3) is 2.20. The van der Waals surface area contributed by atoms with E-state index < -0.39 is 4.92 Å². The second kappa shape index (κ2) is 4.57. The quantitative estimate of drug-likeness (QED) is 0.545. The molecule has 0 N–H and O–H groups in total. The number of benzene rings is 1. The third-order valence-electron chi connectivity index (χ3n) is 1.78. The molecule has 0 radical (unpaired) electrons. The highest BCUT2D eigenvalue weighted by atomic mass is 16.6. The summed E-state index contributed by atoms with van der Waals surface area (Å²) in [7, 11) is 3.03. The summed E-state index contributed by atoms with van der Waals surface area (Å²) in [6, 6.07) is 4.44. The van der Waals surface area contributed by atoms with Crippen molar-refractivity contribution >= 4 is 5.69 Å². The fourth-order valence-electron chi connectivity index (χ4n) is 1.12. The summed E-state index contributed by atoms with van der Waals surface area (Å²) >= 11 is 0. The van der Waals surface area contributed by atoms with E-state index >= 15 is 0 Å². The number of rotatable bonds is 4. The van der Waals surface area contributed by atoms with E-state index in [1.165, 1.54) is 19.2 Å². The van der Waals surface area contributed by atoms with Gasteiger partial charge in [-0.2, -0.15) is 0 Å². The van der Waals surface area contributed by atoms with Crippen molar-refractivity contribution in [1.82, 2.24) is 0 Å². The number of ether oxygens (including phenoxy) is 2. The maximum Gasteiger partial charge on any atom is 0.273 e. The van der Waals surface area contributed by atoms with E-state index in [1.54, 1.807) is 13.2 Å². The molecule has 14 heavy (non-hydrogen) atoms. The molecule has 0 unspecified atom stereocenters. The summed E-state index contributed by atoms with van der Waals surface area (Å²) in [5, 5.41) is 10.5. The molecule has 0 aliphatic rings. The Bertz CT molecular complexity index is 338. The van der Waals surface area contributed by atoms with Crippen LogP contribution < -0.4 is 4.74 Å². The molecule has 0 saturated carbocycles. The Balaban J connectivity index is 3.04. The van der Waals surface area contributed by atoms with E-state index in [2.05, 4.69) is 0 Å². The summed E-state index contributed by atoms with van der Waals surface area (Å²) in [6.45, 7) is 0.376. The summed E-state index contributed by atoms with van der Waals surface area (Å²) in [5.74, 6) is 0.473. The lowest BCUT2D eigenvalue weighted by molar-refractivity contribution is -0.384. The van der Waals surface area contributed by atoms with E-state index in [0.717, 1.165) is 5.56 Å². The first-order chi connectivity index (χ1) is 6.69. The molecule has 0 atom stereocenters. The van der Waals surface area contributed by atoms with Crippen LogP contribution in [0.25, 0.3) is 0 Å². The zero-order valence-electron chi connectivity index (χ0n) is 8.02. The van der Waals surface area contributed by atoms with Crippen LogP contribution in [0.15, 0.2) is 18.2 Å². The van der Waals surface area contributed by atoms with Crippen molar-refractivity contribution in [1.29, 1.82) is 0 Å². The molecule has 0 aliphatic carbocycles. The molecule has 0 aliphatic heterocycles. The van der Waals surface area contributed by atoms with Crippen molar-refractivity contribution in [2.75, 3.05) is 14.2 Å². The molecule has 0 heterocycles. The Morgan fingerprint density at radius 2 is 2.14 bits per heavy atom. The number of non-ortho nitro benzene ring substituents is 1. The smallest absolute Gasteiger partial charge is 0.273 e. The zero-order chi connectivity index (χ0) is 10.6. The minimum Gasteiger partial charge on any atom is -0.496 e. The van der Waals surface area contributed by atoms with Crippen LogP contribution in [0.4, 0.5) is 5.69 Å². The number of nitro groups is 1. The van der Waals surface area contributed by atoms with Crippen molar-refractivity contribution in [2.45, 2.75) is 6.61 Å². The van der Waals surface area contributed by atoms with Gasteiger partial charge in [0.25, 0.3) is 5.69 Å². The number of nitrogens with zero attached hydrogens (tertiary/aromatic N) is 1. The minimum absolute atomic E-state index is 0.0155. The third-order valence-corrected chi connectivity index (χ3v) is 1.78. The fourth-order valence-corrected chi connectivity index (χ4v) is 1.12. The molecule has 0 spiro atoms. The van der Waals surface area contributed by atoms with Gasteiger partial charge in [0.1, 0.15) is 5.75 Å². The van der Waals surface area contributed by atoms with Crippen LogP contribution in [0.5, 0.6) is 5.75 Å². The molecule has 5 nitrogen and oxygen atoms in total. The van der Waals surface area contributed by atoms with Crippen LogP contribution in [0.1, 0.15) is 5.56 Å². The summed E-state index contributed by atoms with van der Waals surface area (Å²) in [6.07, 6.45) is 0. The lowest BCUT2D eigenvalue weighted by Crippen LogP contribution is -1.96. The predicted molar refractivity (Wildman–Crippen MR) is 50.4 cm³/mol. The van der Waals surface area contributed by atoms with Crippen molar-refractivity contribution in [3.8, 4) is 5.75 Å². The van der Waals surface area contributed by atoms with Gasteiger partial charge in [-0.3, -0.25) is 10.1 Å². The number of nitro benzene ring substituents is 1. The van der Waals surface area contributed by atoms with Gasteiger partial charge in [-0.15, -0.1) is 0 Å². The first-order valence-corrected chi connectivity index (χ1v) is 3.99. The average molecular weight is 197 g/mol. The Hall–Kier alpha value is -1.62. The molecule has 0 amide bonds. The van der Waals surface area contributed by atoms with Crippen molar-refractivity contribution in [3.63, 3.8) is 0 Å². The largest absolute Gasteiger partial charge is 0.496 e. The topological polar surface area (TPSA) is 61.6 Å². The first kappa shape index (κ1) is 10.5. The molecular weight excluding hydrogens is 186 g/mol. The Labute approximate surface area is 81.4 Å². The molecule has 5 heteroatoms. The SMILES string of the molecule is COCc1ccc([N+](=O)[O-])cc1OC. The summed E-state index contributed by atoms with van der Waals surface area (Å²) in [4.78, 5) is 10.00. The van der Waals surface area contributed by atoms with Crippen molar-refractivity contribution < 1.29 is 14.4 Å². The highest BCUT2D eigenvalue weighted by Gasteiger charge is 2.10. The second-order valence-electron chi connectivity index (χ2n) is 2.69. The van der Waals surface area contributed by atoms with Gasteiger partial charge in [-0.25, -0.2) is 0 Å². The summed E-state index contributed by atoms with van der Waals surface area (Å²) in [5.41, 5.74) is 0.808. The molecule has 0 aromatic heterocycles. The summed E-state index contributed by atoms with van der Waals surface area (Å²) < 4.78 is 9.93. The minimum atomic E-state index is -0.459. The highest BCUT2D eigenvalue weighted by Crippen LogP contribution is 2.24. The second-order valence-corrected chi connectivity index (χ2v) is 2.69. The van der Waals surface area contributed by atoms with E-state index in [9.17, 15) is 10.1 Å². The predicted octanol–water partition coefficient (Wildman–Crippen LogP) is 1.75. The number of hydrogen-bond acceptors (Lipinski definition) is 4. The number of methoxy groups -OCH3 is 2. The van der Waals surface area contributed by atoms with Gasteiger partial charge < -0.3 is 9.47 Å². The normalized spacial score (nSPS) is 9.86. The lowest BCUT2D eigenvalue weighted by Gasteiger charge is -2.06. The molecule has 1 aromatic rings. The first-order valence-electron chi connectivity index (χ1n) is 3.99. The average Bonchev–Trinajstić information content (AvgIpc) is 2.18. The van der Waals surface area contributed by atoms with E-state index in [0.29, 0.717) is 12.4 Å². The van der Waals surface area contributed by atoms with Crippen LogP contribution in [0, 0.1) is 10.1 Å². The molecule has 0 bridgehead atoms. The molecule has 76 valence electrons. The Morgan fingerprint density at radius 1 is 1.43 bits per heavy atom.